The molecule has 2 aromatic heterocycles. The number of benzene rings is 3. The van der Waals surface area contributed by atoms with Crippen molar-refractivity contribution in [1.82, 2.24) is 14.3 Å². The van der Waals surface area contributed by atoms with Gasteiger partial charge in [0.2, 0.25) is 5.91 Å². The molecule has 5 aromatic rings. The fourth-order valence-corrected chi connectivity index (χ4v) is 4.39. The number of carbonyl (C=O) groups excluding carboxylic acids is 1. The van der Waals surface area contributed by atoms with Crippen LogP contribution in [0.1, 0.15) is 31.1 Å². The average Bonchev–Trinajstić information content (AvgIpc) is 3.28. The van der Waals surface area contributed by atoms with Crippen LogP contribution < -0.4 is 10.9 Å². The fourth-order valence-electron chi connectivity index (χ4n) is 4.39. The molecule has 0 saturated carbocycles. The molecule has 0 bridgehead atoms. The highest BCUT2D eigenvalue weighted by molar-refractivity contribution is 6.03. The topological polar surface area (TPSA) is 68.9 Å². The van der Waals surface area contributed by atoms with Gasteiger partial charge in [-0.25, -0.2) is 4.68 Å². The van der Waals surface area contributed by atoms with Gasteiger partial charge in [0.15, 0.2) is 0 Å². The third kappa shape index (κ3) is 4.10. The maximum absolute atomic E-state index is 13.1. The number of hydrogen-bond acceptors (Lipinski definition) is 3. The Hall–Kier alpha value is -4.19. The molecule has 0 atom stereocenters. The first-order chi connectivity index (χ1) is 16.5. The lowest BCUT2D eigenvalue weighted by Gasteiger charge is -2.13. The van der Waals surface area contributed by atoms with Crippen molar-refractivity contribution >= 4 is 33.3 Å². The molecule has 6 heteroatoms. The second-order valence-electron chi connectivity index (χ2n) is 8.72. The van der Waals surface area contributed by atoms with Crippen molar-refractivity contribution in [2.75, 3.05) is 5.32 Å². The lowest BCUT2D eigenvalue weighted by Crippen LogP contribution is -2.26. The van der Waals surface area contributed by atoms with Crippen LogP contribution in [0.3, 0.4) is 0 Å². The first-order valence-electron chi connectivity index (χ1n) is 11.4. The summed E-state index contributed by atoms with van der Waals surface area (Å²) >= 11 is 0. The number of carbonyl (C=O) groups is 1. The molecule has 0 aliphatic carbocycles. The van der Waals surface area contributed by atoms with E-state index < -0.39 is 0 Å². The zero-order valence-electron chi connectivity index (χ0n) is 19.2. The van der Waals surface area contributed by atoms with Gasteiger partial charge in [0.1, 0.15) is 0 Å². The monoisotopic (exact) mass is 450 g/mol. The number of nitrogens with zero attached hydrogens (tertiary/aromatic N) is 3. The molecule has 2 heterocycles. The minimum absolute atomic E-state index is 0.0663. The van der Waals surface area contributed by atoms with Crippen LogP contribution in [0.5, 0.6) is 0 Å². The van der Waals surface area contributed by atoms with E-state index >= 15 is 0 Å². The van der Waals surface area contributed by atoms with Gasteiger partial charge in [-0.05, 0) is 43.7 Å². The quantitative estimate of drug-likeness (QED) is 0.388. The SMILES string of the molecule is CC(C)n1ccc2c(NC(=O)Cc3nn(Cc4ccccc4)c(=O)c4ccccc34)cccc21. The lowest BCUT2D eigenvalue weighted by atomic mass is 10.1. The van der Waals surface area contributed by atoms with Gasteiger partial charge >= 0.3 is 0 Å². The van der Waals surface area contributed by atoms with E-state index in [1.165, 1.54) is 4.68 Å². The minimum atomic E-state index is -0.174. The molecule has 170 valence electrons. The predicted octanol–water partition coefficient (Wildman–Crippen LogP) is 5.16. The third-order valence-electron chi connectivity index (χ3n) is 6.04. The van der Waals surface area contributed by atoms with Crippen LogP contribution in [0.4, 0.5) is 5.69 Å². The van der Waals surface area contributed by atoms with Gasteiger partial charge in [-0.15, -0.1) is 0 Å². The second kappa shape index (κ2) is 8.98. The number of amides is 1. The number of rotatable bonds is 6. The van der Waals surface area contributed by atoms with E-state index in [9.17, 15) is 9.59 Å². The number of nitrogens with one attached hydrogen (secondary N) is 1. The first kappa shape index (κ1) is 21.6. The Bertz CT molecular complexity index is 1550. The van der Waals surface area contributed by atoms with E-state index in [2.05, 4.69) is 34.9 Å². The van der Waals surface area contributed by atoms with Gasteiger partial charge in [0.25, 0.3) is 5.56 Å². The van der Waals surface area contributed by atoms with Gasteiger partial charge in [-0.3, -0.25) is 9.59 Å². The summed E-state index contributed by atoms with van der Waals surface area (Å²) in [5, 5.41) is 9.92. The maximum Gasteiger partial charge on any atom is 0.274 e. The molecule has 0 aliphatic heterocycles. The van der Waals surface area contributed by atoms with Crippen molar-refractivity contribution in [3.05, 3.63) is 107 Å². The van der Waals surface area contributed by atoms with Crippen LogP contribution in [0.2, 0.25) is 0 Å². The standard InChI is InChI=1S/C28H26N4O2/c1-19(2)31-16-15-23-24(13-8-14-26(23)31)29-27(33)17-25-21-11-6-7-12-22(21)28(34)32(30-25)18-20-9-4-3-5-10-20/h3-16,19H,17-18H2,1-2H3,(H,29,33). The first-order valence-corrected chi connectivity index (χ1v) is 11.4. The molecule has 0 unspecified atom stereocenters. The molecule has 0 aliphatic rings. The van der Waals surface area contributed by atoms with Gasteiger partial charge in [-0.1, -0.05) is 54.6 Å². The van der Waals surface area contributed by atoms with Crippen LogP contribution in [0.15, 0.2) is 89.9 Å². The third-order valence-corrected chi connectivity index (χ3v) is 6.04. The van der Waals surface area contributed by atoms with Crippen LogP contribution in [0, 0.1) is 0 Å². The molecule has 3 aromatic carbocycles. The van der Waals surface area contributed by atoms with E-state index in [1.54, 1.807) is 6.07 Å². The Kier molecular flexibility index (Phi) is 5.72. The van der Waals surface area contributed by atoms with E-state index in [1.807, 2.05) is 72.9 Å². The Labute approximate surface area is 197 Å². The van der Waals surface area contributed by atoms with Gasteiger partial charge in [0, 0.05) is 23.0 Å². The largest absolute Gasteiger partial charge is 0.345 e. The van der Waals surface area contributed by atoms with Crippen molar-refractivity contribution in [1.29, 1.82) is 0 Å². The van der Waals surface area contributed by atoms with Crippen LogP contribution >= 0.6 is 0 Å². The number of aromatic nitrogens is 3. The lowest BCUT2D eigenvalue weighted by molar-refractivity contribution is -0.115. The van der Waals surface area contributed by atoms with Crippen LogP contribution in [-0.2, 0) is 17.8 Å². The van der Waals surface area contributed by atoms with E-state index in [-0.39, 0.29) is 17.9 Å². The Morgan fingerprint density at radius 1 is 0.882 bits per heavy atom. The summed E-state index contributed by atoms with van der Waals surface area (Å²) in [7, 11) is 0. The van der Waals surface area contributed by atoms with Crippen LogP contribution in [-0.4, -0.2) is 20.3 Å². The molecule has 0 fully saturated rings. The highest BCUT2D eigenvalue weighted by atomic mass is 16.1. The highest BCUT2D eigenvalue weighted by Gasteiger charge is 2.15. The average molecular weight is 451 g/mol. The Balaban J connectivity index is 1.48. The number of hydrogen-bond donors (Lipinski definition) is 1. The Morgan fingerprint density at radius 3 is 2.38 bits per heavy atom. The summed E-state index contributed by atoms with van der Waals surface area (Å²) in [6.07, 6.45) is 2.11. The molecule has 1 amide bonds. The molecule has 0 spiro atoms. The zero-order chi connectivity index (χ0) is 23.7. The summed E-state index contributed by atoms with van der Waals surface area (Å²) in [5.74, 6) is -0.174. The van der Waals surface area contributed by atoms with Crippen molar-refractivity contribution in [2.45, 2.75) is 32.9 Å². The minimum Gasteiger partial charge on any atom is -0.345 e. The van der Waals surface area contributed by atoms with Crippen molar-refractivity contribution < 1.29 is 4.79 Å². The van der Waals surface area contributed by atoms with Gasteiger partial charge < -0.3 is 9.88 Å². The van der Waals surface area contributed by atoms with Gasteiger partial charge in [-0.2, -0.15) is 5.10 Å². The summed E-state index contributed by atoms with van der Waals surface area (Å²) in [5.41, 5.74) is 3.24. The fraction of sp³-hybridized carbons (Fsp3) is 0.179. The van der Waals surface area contributed by atoms with E-state index in [0.717, 1.165) is 22.2 Å². The zero-order valence-corrected chi connectivity index (χ0v) is 19.2. The van der Waals surface area contributed by atoms with Gasteiger partial charge in [0.05, 0.1) is 35.2 Å². The molecule has 0 saturated heterocycles. The van der Waals surface area contributed by atoms with E-state index in [4.69, 9.17) is 0 Å². The summed E-state index contributed by atoms with van der Waals surface area (Å²) in [4.78, 5) is 26.2. The van der Waals surface area contributed by atoms with E-state index in [0.29, 0.717) is 29.1 Å². The summed E-state index contributed by atoms with van der Waals surface area (Å²) in [6.45, 7) is 4.61. The molecule has 0 radical (unpaired) electrons. The molecule has 1 N–H and O–H groups in total. The summed E-state index contributed by atoms with van der Waals surface area (Å²) < 4.78 is 3.63. The highest BCUT2D eigenvalue weighted by Crippen LogP contribution is 2.27. The normalized spacial score (nSPS) is 11.4. The maximum atomic E-state index is 13.1. The number of anilines is 1. The Morgan fingerprint density at radius 2 is 1.62 bits per heavy atom. The van der Waals surface area contributed by atoms with Crippen LogP contribution in [0.25, 0.3) is 21.7 Å². The van der Waals surface area contributed by atoms with Crippen molar-refractivity contribution in [3.8, 4) is 0 Å². The molecular weight excluding hydrogens is 424 g/mol. The van der Waals surface area contributed by atoms with Crippen molar-refractivity contribution in [3.63, 3.8) is 0 Å². The second-order valence-corrected chi connectivity index (χ2v) is 8.72. The molecule has 6 nitrogen and oxygen atoms in total. The predicted molar refractivity (Wildman–Crippen MR) is 136 cm³/mol. The van der Waals surface area contributed by atoms with Crippen molar-refractivity contribution in [2.24, 2.45) is 0 Å². The smallest absolute Gasteiger partial charge is 0.274 e. The molecular formula is C28H26N4O2. The summed E-state index contributed by atoms with van der Waals surface area (Å²) in [6, 6.07) is 25.3. The molecule has 5 rings (SSSR count). The molecule has 34 heavy (non-hydrogen) atoms. The number of fused-ring (bicyclic) bond motifs is 2.